The van der Waals surface area contributed by atoms with E-state index in [4.69, 9.17) is 0 Å². The molecule has 0 radical (unpaired) electrons. The molecule has 0 aliphatic carbocycles. The molecule has 0 N–H and O–H groups in total. The number of thiophene rings is 1. The van der Waals surface area contributed by atoms with Crippen LogP contribution in [0.25, 0.3) is 10.6 Å². The summed E-state index contributed by atoms with van der Waals surface area (Å²) in [6.45, 7) is 4.30. The molecule has 0 bridgehead atoms. The molecule has 3 heterocycles. The van der Waals surface area contributed by atoms with Gasteiger partial charge in [0.25, 0.3) is 0 Å². The molecule has 1 atom stereocenters. The number of carbonyl (C=O) groups is 1. The second-order valence-corrected chi connectivity index (χ2v) is 7.90. The summed E-state index contributed by atoms with van der Waals surface area (Å²) in [5.74, 6) is 1.02. The Morgan fingerprint density at radius 2 is 2.00 bits per heavy atom. The van der Waals surface area contributed by atoms with E-state index >= 15 is 0 Å². The maximum atomic E-state index is 13.2. The van der Waals surface area contributed by atoms with Crippen LogP contribution in [-0.4, -0.2) is 35.7 Å². The van der Waals surface area contributed by atoms with Gasteiger partial charge in [0, 0.05) is 25.3 Å². The van der Waals surface area contributed by atoms with Gasteiger partial charge in [-0.05, 0) is 55.5 Å². The number of piperidine rings is 1. The standard InChI is InChI=1S/C22H24N4OS/c1-2-26(18-9-4-3-5-10-18)22(27)17-8-6-14-25(16-17)21-13-12-19(23-24-21)20-11-7-15-28-20/h3-5,7,9-13,15,17H,2,6,8,14,16H2,1H3. The number of hydrogen-bond acceptors (Lipinski definition) is 5. The minimum absolute atomic E-state index is 0.0207. The third-order valence-electron chi connectivity index (χ3n) is 5.17. The number of para-hydroxylation sites is 1. The summed E-state index contributed by atoms with van der Waals surface area (Å²) in [7, 11) is 0. The molecule has 6 heteroatoms. The fraction of sp³-hybridized carbons (Fsp3) is 0.318. The van der Waals surface area contributed by atoms with Crippen LogP contribution in [0.3, 0.4) is 0 Å². The highest BCUT2D eigenvalue weighted by atomic mass is 32.1. The topological polar surface area (TPSA) is 49.3 Å². The number of rotatable bonds is 5. The molecular weight excluding hydrogens is 368 g/mol. The Labute approximate surface area is 169 Å². The van der Waals surface area contributed by atoms with Gasteiger partial charge in [-0.1, -0.05) is 24.3 Å². The van der Waals surface area contributed by atoms with Crippen LogP contribution in [0.5, 0.6) is 0 Å². The second kappa shape index (κ2) is 8.52. The van der Waals surface area contributed by atoms with Gasteiger partial charge in [0.05, 0.1) is 10.8 Å². The maximum Gasteiger partial charge on any atom is 0.231 e. The molecule has 144 valence electrons. The van der Waals surface area contributed by atoms with Gasteiger partial charge in [0.2, 0.25) is 5.91 Å². The molecule has 28 heavy (non-hydrogen) atoms. The van der Waals surface area contributed by atoms with E-state index in [1.807, 2.05) is 71.8 Å². The summed E-state index contributed by atoms with van der Waals surface area (Å²) in [5, 5.41) is 10.9. The Hall–Kier alpha value is -2.73. The molecule has 0 saturated carbocycles. The van der Waals surface area contributed by atoms with E-state index in [2.05, 4.69) is 15.1 Å². The number of anilines is 2. The van der Waals surface area contributed by atoms with Crippen molar-refractivity contribution in [2.75, 3.05) is 29.4 Å². The Morgan fingerprint density at radius 1 is 1.14 bits per heavy atom. The van der Waals surface area contributed by atoms with Crippen LogP contribution < -0.4 is 9.80 Å². The highest BCUT2D eigenvalue weighted by Crippen LogP contribution is 2.27. The van der Waals surface area contributed by atoms with Crippen molar-refractivity contribution >= 4 is 28.7 Å². The Morgan fingerprint density at radius 3 is 2.68 bits per heavy atom. The summed E-state index contributed by atoms with van der Waals surface area (Å²) >= 11 is 1.66. The summed E-state index contributed by atoms with van der Waals surface area (Å²) in [4.78, 5) is 18.4. The molecule has 1 aromatic carbocycles. The first-order chi connectivity index (χ1) is 13.8. The monoisotopic (exact) mass is 392 g/mol. The van der Waals surface area contributed by atoms with Crippen molar-refractivity contribution in [3.63, 3.8) is 0 Å². The first-order valence-corrected chi connectivity index (χ1v) is 10.6. The van der Waals surface area contributed by atoms with Gasteiger partial charge in [0.15, 0.2) is 5.82 Å². The van der Waals surface area contributed by atoms with E-state index in [9.17, 15) is 4.79 Å². The highest BCUT2D eigenvalue weighted by molar-refractivity contribution is 7.13. The minimum Gasteiger partial charge on any atom is -0.354 e. The average molecular weight is 393 g/mol. The van der Waals surface area contributed by atoms with E-state index in [0.717, 1.165) is 41.5 Å². The van der Waals surface area contributed by atoms with Crippen molar-refractivity contribution in [2.24, 2.45) is 5.92 Å². The maximum absolute atomic E-state index is 13.2. The van der Waals surface area contributed by atoms with Crippen LogP contribution in [0.4, 0.5) is 11.5 Å². The zero-order chi connectivity index (χ0) is 19.3. The fourth-order valence-corrected chi connectivity index (χ4v) is 4.42. The predicted molar refractivity (Wildman–Crippen MR) is 115 cm³/mol. The fourth-order valence-electron chi connectivity index (χ4n) is 3.73. The Bertz CT molecular complexity index is 896. The lowest BCUT2D eigenvalue weighted by molar-refractivity contribution is -0.122. The number of carbonyl (C=O) groups excluding carboxylic acids is 1. The van der Waals surface area contributed by atoms with Crippen LogP contribution in [-0.2, 0) is 4.79 Å². The first-order valence-electron chi connectivity index (χ1n) is 9.75. The molecule has 3 aromatic rings. The number of aromatic nitrogens is 2. The summed E-state index contributed by atoms with van der Waals surface area (Å²) in [6.07, 6.45) is 1.90. The molecule has 1 unspecified atom stereocenters. The largest absolute Gasteiger partial charge is 0.354 e. The number of hydrogen-bond donors (Lipinski definition) is 0. The molecule has 1 aliphatic rings. The van der Waals surface area contributed by atoms with Gasteiger partial charge in [-0.15, -0.1) is 21.5 Å². The lowest BCUT2D eigenvalue weighted by atomic mass is 9.96. The van der Waals surface area contributed by atoms with Crippen molar-refractivity contribution in [2.45, 2.75) is 19.8 Å². The van der Waals surface area contributed by atoms with Crippen LogP contribution in [0.15, 0.2) is 60.0 Å². The smallest absolute Gasteiger partial charge is 0.231 e. The number of amides is 1. The van der Waals surface area contributed by atoms with E-state index in [1.54, 1.807) is 11.3 Å². The SMILES string of the molecule is CCN(C(=O)C1CCCN(c2ccc(-c3cccs3)nn2)C1)c1ccccc1. The van der Waals surface area contributed by atoms with Gasteiger partial charge < -0.3 is 9.80 Å². The molecule has 1 aliphatic heterocycles. The lowest BCUT2D eigenvalue weighted by Crippen LogP contribution is -2.45. The van der Waals surface area contributed by atoms with Gasteiger partial charge in [-0.3, -0.25) is 4.79 Å². The summed E-state index contributed by atoms with van der Waals surface area (Å²) < 4.78 is 0. The summed E-state index contributed by atoms with van der Waals surface area (Å²) in [6, 6.07) is 18.0. The van der Waals surface area contributed by atoms with Crippen molar-refractivity contribution in [3.05, 3.63) is 60.0 Å². The first kappa shape index (κ1) is 18.6. The van der Waals surface area contributed by atoms with Gasteiger partial charge >= 0.3 is 0 Å². The van der Waals surface area contributed by atoms with Gasteiger partial charge in [-0.25, -0.2) is 0 Å². The molecule has 5 nitrogen and oxygen atoms in total. The van der Waals surface area contributed by atoms with Crippen LogP contribution in [0.1, 0.15) is 19.8 Å². The third kappa shape index (κ3) is 3.92. The molecule has 2 aromatic heterocycles. The number of nitrogens with zero attached hydrogens (tertiary/aromatic N) is 4. The number of benzene rings is 1. The lowest BCUT2D eigenvalue weighted by Gasteiger charge is -2.35. The normalized spacial score (nSPS) is 16.8. The van der Waals surface area contributed by atoms with Crippen LogP contribution in [0, 0.1) is 5.92 Å². The van der Waals surface area contributed by atoms with Crippen LogP contribution >= 0.6 is 11.3 Å². The van der Waals surface area contributed by atoms with Crippen molar-refractivity contribution < 1.29 is 4.79 Å². The van der Waals surface area contributed by atoms with E-state index in [0.29, 0.717) is 13.1 Å². The minimum atomic E-state index is -0.0207. The quantitative estimate of drug-likeness (QED) is 0.643. The molecule has 0 spiro atoms. The van der Waals surface area contributed by atoms with Crippen LogP contribution in [0.2, 0.25) is 0 Å². The molecule has 4 rings (SSSR count). The predicted octanol–water partition coefficient (Wildman–Crippen LogP) is 4.47. The molecule has 1 fully saturated rings. The van der Waals surface area contributed by atoms with Gasteiger partial charge in [0.1, 0.15) is 5.69 Å². The van der Waals surface area contributed by atoms with E-state index < -0.39 is 0 Å². The Balaban J connectivity index is 1.47. The van der Waals surface area contributed by atoms with E-state index in [1.165, 1.54) is 0 Å². The van der Waals surface area contributed by atoms with Gasteiger partial charge in [-0.2, -0.15) is 0 Å². The van der Waals surface area contributed by atoms with Crippen molar-refractivity contribution in [1.29, 1.82) is 0 Å². The van der Waals surface area contributed by atoms with Crippen molar-refractivity contribution in [1.82, 2.24) is 10.2 Å². The van der Waals surface area contributed by atoms with Crippen molar-refractivity contribution in [3.8, 4) is 10.6 Å². The zero-order valence-corrected chi connectivity index (χ0v) is 16.8. The Kier molecular flexibility index (Phi) is 5.67. The molecule has 1 saturated heterocycles. The zero-order valence-electron chi connectivity index (χ0n) is 16.0. The summed E-state index contributed by atoms with van der Waals surface area (Å²) in [5.41, 5.74) is 1.86. The second-order valence-electron chi connectivity index (χ2n) is 6.96. The molecular formula is C22H24N4OS. The van der Waals surface area contributed by atoms with E-state index in [-0.39, 0.29) is 11.8 Å². The molecule has 1 amide bonds. The average Bonchev–Trinajstić information content (AvgIpc) is 3.30. The third-order valence-corrected chi connectivity index (χ3v) is 6.06. The highest BCUT2D eigenvalue weighted by Gasteiger charge is 2.30.